The average Bonchev–Trinajstić information content (AvgIpc) is 2.39. The van der Waals surface area contributed by atoms with Gasteiger partial charge in [-0.25, -0.2) is 4.42 Å². The largest absolute Gasteiger partial charge is 0.272 e. The molecule has 0 fully saturated rings. The van der Waals surface area contributed by atoms with Crippen LogP contribution in [-0.2, 0) is 4.79 Å². The van der Waals surface area contributed by atoms with Gasteiger partial charge in [-0.3, -0.25) is 4.79 Å². The van der Waals surface area contributed by atoms with Crippen LogP contribution in [0.5, 0.6) is 0 Å². The van der Waals surface area contributed by atoms with E-state index in [1.54, 1.807) is 0 Å². The monoisotopic (exact) mass is 261 g/mol. The molecule has 0 radical (unpaired) electrons. The van der Waals surface area contributed by atoms with Gasteiger partial charge < -0.3 is 0 Å². The summed E-state index contributed by atoms with van der Waals surface area (Å²) in [6, 6.07) is 7.60. The van der Waals surface area contributed by atoms with Crippen LogP contribution < -0.4 is 4.42 Å². The van der Waals surface area contributed by atoms with Crippen molar-refractivity contribution in [3.8, 4) is 0 Å². The summed E-state index contributed by atoms with van der Waals surface area (Å²) in [5, 5.41) is 0. The molecule has 1 unspecified atom stereocenters. The van der Waals surface area contributed by atoms with Gasteiger partial charge in [-0.2, -0.15) is 0 Å². The van der Waals surface area contributed by atoms with Crippen LogP contribution in [0.2, 0.25) is 0 Å². The van der Waals surface area contributed by atoms with Gasteiger partial charge in [0.25, 0.3) is 0 Å². The van der Waals surface area contributed by atoms with Crippen molar-refractivity contribution in [1.82, 2.24) is 0 Å². The number of rotatable bonds is 2. The summed E-state index contributed by atoms with van der Waals surface area (Å²) in [5.74, 6) is -0.243. The number of carbonyl (C=O) groups excluding carboxylic acids is 1. The Balaban J connectivity index is 2.10. The van der Waals surface area contributed by atoms with Crippen LogP contribution in [0.15, 0.2) is 48.1 Å². The zero-order valence-electron chi connectivity index (χ0n) is 10.6. The molecular weight excluding hydrogens is 246 g/mol. The highest BCUT2D eigenvalue weighted by Crippen LogP contribution is 2.24. The molecule has 1 atom stereocenters. The first-order valence-corrected chi connectivity index (χ1v) is 6.33. The van der Waals surface area contributed by atoms with Crippen molar-refractivity contribution in [3.05, 3.63) is 53.6 Å². The van der Waals surface area contributed by atoms with E-state index in [9.17, 15) is 4.79 Å². The first-order chi connectivity index (χ1) is 8.58. The van der Waals surface area contributed by atoms with Gasteiger partial charge in [0, 0.05) is 11.8 Å². The minimum Gasteiger partial charge on any atom is -0.272 e. The van der Waals surface area contributed by atoms with Gasteiger partial charge in [0.2, 0.25) is 5.91 Å². The molecule has 0 saturated heterocycles. The Kier molecular flexibility index (Phi) is 3.87. The van der Waals surface area contributed by atoms with Crippen LogP contribution in [0.1, 0.15) is 18.9 Å². The molecular formula is C15H16ClNO. The van der Waals surface area contributed by atoms with Gasteiger partial charge in [0.05, 0.1) is 11.6 Å². The Morgan fingerprint density at radius 2 is 1.94 bits per heavy atom. The summed E-state index contributed by atoms with van der Waals surface area (Å²) in [4.78, 5) is 12.2. The van der Waals surface area contributed by atoms with Crippen LogP contribution in [0.3, 0.4) is 0 Å². The second-order valence-corrected chi connectivity index (χ2v) is 4.94. The van der Waals surface area contributed by atoms with Crippen molar-refractivity contribution in [3.63, 3.8) is 0 Å². The number of hydrogen-bond donors (Lipinski definition) is 0. The van der Waals surface area contributed by atoms with Gasteiger partial charge in [-0.1, -0.05) is 41.5 Å². The van der Waals surface area contributed by atoms with Gasteiger partial charge in [0.1, 0.15) is 0 Å². The van der Waals surface area contributed by atoms with Crippen LogP contribution in [0.25, 0.3) is 0 Å². The third-order valence-electron chi connectivity index (χ3n) is 3.06. The Morgan fingerprint density at radius 3 is 2.50 bits per heavy atom. The van der Waals surface area contributed by atoms with E-state index in [4.69, 9.17) is 11.8 Å². The maximum absolute atomic E-state index is 12.2. The second-order valence-electron chi connectivity index (χ2n) is 4.60. The molecule has 0 spiro atoms. The highest BCUT2D eigenvalue weighted by molar-refractivity contribution is 6.37. The van der Waals surface area contributed by atoms with Crippen molar-refractivity contribution >= 4 is 23.4 Å². The van der Waals surface area contributed by atoms with Crippen molar-refractivity contribution in [2.75, 3.05) is 4.42 Å². The zero-order valence-corrected chi connectivity index (χ0v) is 11.3. The molecule has 1 aromatic rings. The number of anilines is 1. The molecule has 2 rings (SSSR count). The third-order valence-corrected chi connectivity index (χ3v) is 3.42. The first kappa shape index (κ1) is 12.9. The van der Waals surface area contributed by atoms with Crippen LogP contribution in [0.4, 0.5) is 5.69 Å². The lowest BCUT2D eigenvalue weighted by Crippen LogP contribution is -2.28. The van der Waals surface area contributed by atoms with E-state index < -0.39 is 0 Å². The molecule has 3 heteroatoms. The molecule has 0 aliphatic heterocycles. The third kappa shape index (κ3) is 2.82. The summed E-state index contributed by atoms with van der Waals surface area (Å²) in [7, 11) is 0. The minimum absolute atomic E-state index is 0.0829. The van der Waals surface area contributed by atoms with Crippen molar-refractivity contribution < 1.29 is 4.79 Å². The van der Waals surface area contributed by atoms with Crippen molar-refractivity contribution in [1.29, 1.82) is 0 Å². The quantitative estimate of drug-likeness (QED) is 0.737. The van der Waals surface area contributed by atoms with E-state index in [0.29, 0.717) is 5.69 Å². The highest BCUT2D eigenvalue weighted by Gasteiger charge is 2.22. The first-order valence-electron chi connectivity index (χ1n) is 5.99. The van der Waals surface area contributed by atoms with Gasteiger partial charge in [-0.05, 0) is 32.4 Å². The summed E-state index contributed by atoms with van der Waals surface area (Å²) >= 11 is 6.11. The smallest absolute Gasteiger partial charge is 0.248 e. The van der Waals surface area contributed by atoms with Crippen LogP contribution in [0, 0.1) is 12.8 Å². The van der Waals surface area contributed by atoms with Crippen LogP contribution in [-0.4, -0.2) is 5.91 Å². The predicted molar refractivity (Wildman–Crippen MR) is 75.5 cm³/mol. The lowest BCUT2D eigenvalue weighted by Gasteiger charge is -2.20. The van der Waals surface area contributed by atoms with E-state index in [-0.39, 0.29) is 11.8 Å². The van der Waals surface area contributed by atoms with E-state index in [1.165, 1.54) is 9.99 Å². The van der Waals surface area contributed by atoms with E-state index in [1.807, 2.05) is 50.3 Å². The topological polar surface area (TPSA) is 20.3 Å². The second kappa shape index (κ2) is 5.40. The Bertz CT molecular complexity index is 502. The van der Waals surface area contributed by atoms with Gasteiger partial charge in [0.15, 0.2) is 0 Å². The van der Waals surface area contributed by atoms with Crippen molar-refractivity contribution in [2.24, 2.45) is 5.92 Å². The molecule has 0 saturated carbocycles. The summed E-state index contributed by atoms with van der Waals surface area (Å²) in [5.41, 5.74) is 3.05. The fourth-order valence-electron chi connectivity index (χ4n) is 1.86. The van der Waals surface area contributed by atoms with Crippen LogP contribution >= 0.6 is 11.8 Å². The molecule has 0 N–H and O–H groups in total. The molecule has 18 heavy (non-hydrogen) atoms. The number of halogens is 1. The number of nitrogens with zero attached hydrogens (tertiary/aromatic N) is 1. The standard InChI is InChI=1S/C15H16ClNO/c1-11-3-7-13(8-4-11)15(18)17(16)14-9-5-12(2)6-10-14/h3-7,9-10,13H,8H2,1-2H3. The van der Waals surface area contributed by atoms with E-state index in [0.717, 1.165) is 12.0 Å². The fraction of sp³-hybridized carbons (Fsp3) is 0.267. The molecule has 1 amide bonds. The molecule has 2 nitrogen and oxygen atoms in total. The predicted octanol–water partition coefficient (Wildman–Crippen LogP) is 4.00. The highest BCUT2D eigenvalue weighted by atomic mass is 35.5. The maximum Gasteiger partial charge on any atom is 0.248 e. The average molecular weight is 262 g/mol. The fourth-order valence-corrected chi connectivity index (χ4v) is 2.10. The molecule has 1 aromatic carbocycles. The molecule has 0 aromatic heterocycles. The molecule has 0 bridgehead atoms. The summed E-state index contributed by atoms with van der Waals surface area (Å²) in [6.07, 6.45) is 6.66. The lowest BCUT2D eigenvalue weighted by atomic mass is 9.96. The summed E-state index contributed by atoms with van der Waals surface area (Å²) < 4.78 is 1.21. The molecule has 1 aliphatic rings. The minimum atomic E-state index is -0.160. The van der Waals surface area contributed by atoms with Crippen molar-refractivity contribution in [2.45, 2.75) is 20.3 Å². The number of allylic oxidation sites excluding steroid dienone is 3. The zero-order chi connectivity index (χ0) is 13.1. The van der Waals surface area contributed by atoms with Gasteiger partial charge >= 0.3 is 0 Å². The van der Waals surface area contributed by atoms with Gasteiger partial charge in [-0.15, -0.1) is 0 Å². The number of aryl methyl sites for hydroxylation is 1. The molecule has 1 aliphatic carbocycles. The lowest BCUT2D eigenvalue weighted by molar-refractivity contribution is -0.119. The summed E-state index contributed by atoms with van der Waals surface area (Å²) in [6.45, 7) is 4.03. The van der Waals surface area contributed by atoms with E-state index >= 15 is 0 Å². The molecule has 0 heterocycles. The Hall–Kier alpha value is -1.54. The Morgan fingerprint density at radius 1 is 1.28 bits per heavy atom. The SMILES string of the molecule is CC1=CCC(C(=O)N(Cl)c2ccc(C)cc2)C=C1. The normalized spacial score (nSPS) is 18.4. The maximum atomic E-state index is 12.2. The number of hydrogen-bond acceptors (Lipinski definition) is 1. The number of amides is 1. The Labute approximate surface area is 113 Å². The molecule has 94 valence electrons. The number of carbonyl (C=O) groups is 1. The van der Waals surface area contributed by atoms with E-state index in [2.05, 4.69) is 6.08 Å². The number of benzene rings is 1.